The van der Waals surface area contributed by atoms with E-state index >= 15 is 0 Å². The highest BCUT2D eigenvalue weighted by molar-refractivity contribution is 6.33. The number of benzene rings is 2. The minimum absolute atomic E-state index is 0.537. The van der Waals surface area contributed by atoms with E-state index in [1.807, 2.05) is 6.07 Å². The van der Waals surface area contributed by atoms with Crippen molar-refractivity contribution in [2.24, 2.45) is 0 Å². The molecule has 3 aromatic rings. The summed E-state index contributed by atoms with van der Waals surface area (Å²) in [5, 5.41) is 12.4. The number of aryl methyl sites for hydroxylation is 1. The maximum Gasteiger partial charge on any atom is 0.183 e. The van der Waals surface area contributed by atoms with Gasteiger partial charge in [0.2, 0.25) is 0 Å². The van der Waals surface area contributed by atoms with Gasteiger partial charge in [-0.05, 0) is 41.1 Å². The molecule has 0 radical (unpaired) electrons. The van der Waals surface area contributed by atoms with Gasteiger partial charge in [0.05, 0.1) is 11.6 Å². The second-order valence-corrected chi connectivity index (χ2v) is 5.29. The third-order valence-electron chi connectivity index (χ3n) is 3.22. The second kappa shape index (κ2) is 5.54. The van der Waals surface area contributed by atoms with Crippen molar-refractivity contribution in [2.75, 3.05) is 5.73 Å². The van der Waals surface area contributed by atoms with E-state index in [4.69, 9.17) is 17.3 Å². The third-order valence-corrected chi connectivity index (χ3v) is 3.53. The van der Waals surface area contributed by atoms with Gasteiger partial charge in [0.1, 0.15) is 0 Å². The molecule has 0 saturated heterocycles. The van der Waals surface area contributed by atoms with Crippen LogP contribution in [-0.2, 0) is 6.54 Å². The Morgan fingerprint density at radius 1 is 1.14 bits per heavy atom. The molecule has 6 heteroatoms. The van der Waals surface area contributed by atoms with Crippen LogP contribution in [0.1, 0.15) is 11.1 Å². The predicted molar refractivity (Wildman–Crippen MR) is 83.0 cm³/mol. The Bertz CT molecular complexity index is 764. The number of nitrogen functional groups attached to an aromatic ring is 1. The van der Waals surface area contributed by atoms with Gasteiger partial charge in [-0.25, -0.2) is 4.68 Å². The van der Waals surface area contributed by atoms with Crippen molar-refractivity contribution < 1.29 is 0 Å². The molecule has 21 heavy (non-hydrogen) atoms. The van der Waals surface area contributed by atoms with E-state index in [9.17, 15) is 0 Å². The fourth-order valence-electron chi connectivity index (χ4n) is 2.08. The summed E-state index contributed by atoms with van der Waals surface area (Å²) in [4.78, 5) is 0. The largest absolute Gasteiger partial charge is 0.399 e. The monoisotopic (exact) mass is 299 g/mol. The Morgan fingerprint density at radius 3 is 2.62 bits per heavy atom. The average molecular weight is 300 g/mol. The van der Waals surface area contributed by atoms with Crippen molar-refractivity contribution in [3.63, 3.8) is 0 Å². The molecule has 0 amide bonds. The fourth-order valence-corrected chi connectivity index (χ4v) is 2.36. The molecule has 1 aromatic heterocycles. The van der Waals surface area contributed by atoms with Crippen LogP contribution in [0.4, 0.5) is 5.69 Å². The van der Waals surface area contributed by atoms with Crippen LogP contribution in [0, 0.1) is 6.92 Å². The number of nitrogens with two attached hydrogens (primary N) is 1. The minimum Gasteiger partial charge on any atom is -0.399 e. The van der Waals surface area contributed by atoms with E-state index in [1.54, 1.807) is 16.8 Å². The highest BCUT2D eigenvalue weighted by atomic mass is 35.5. The number of tetrazole rings is 1. The molecule has 0 aliphatic rings. The van der Waals surface area contributed by atoms with Gasteiger partial charge in [-0.15, -0.1) is 5.10 Å². The number of hydrogen-bond donors (Lipinski definition) is 1. The Labute approximate surface area is 127 Å². The van der Waals surface area contributed by atoms with Crippen molar-refractivity contribution in [1.82, 2.24) is 20.2 Å². The molecule has 2 aromatic carbocycles. The standard InChI is InChI=1S/C15H14ClN5/c1-10-2-4-11(5-3-10)9-21-15(18-19-20-21)13-7-6-12(17)8-14(13)16/h2-8H,9,17H2,1H3. The number of halogens is 1. The first-order valence-corrected chi connectivity index (χ1v) is 6.88. The molecule has 0 aliphatic heterocycles. The van der Waals surface area contributed by atoms with Crippen molar-refractivity contribution in [2.45, 2.75) is 13.5 Å². The van der Waals surface area contributed by atoms with Crippen LogP contribution in [0.2, 0.25) is 5.02 Å². The lowest BCUT2D eigenvalue weighted by Gasteiger charge is -2.07. The molecule has 3 rings (SSSR count). The molecule has 0 spiro atoms. The zero-order valence-corrected chi connectivity index (χ0v) is 12.2. The third kappa shape index (κ3) is 2.87. The van der Waals surface area contributed by atoms with Crippen molar-refractivity contribution in [3.8, 4) is 11.4 Å². The Kier molecular flexibility index (Phi) is 3.58. The van der Waals surface area contributed by atoms with Crippen LogP contribution in [0.25, 0.3) is 11.4 Å². The lowest BCUT2D eigenvalue weighted by molar-refractivity contribution is 0.653. The van der Waals surface area contributed by atoms with Crippen LogP contribution in [-0.4, -0.2) is 20.2 Å². The summed E-state index contributed by atoms with van der Waals surface area (Å²) in [6.45, 7) is 2.64. The molecule has 1 heterocycles. The first kappa shape index (κ1) is 13.6. The normalized spacial score (nSPS) is 10.8. The molecule has 0 fully saturated rings. The SMILES string of the molecule is Cc1ccc(Cn2nnnc2-c2ccc(N)cc2Cl)cc1. The van der Waals surface area contributed by atoms with Gasteiger partial charge in [0.15, 0.2) is 5.82 Å². The number of rotatable bonds is 3. The van der Waals surface area contributed by atoms with E-state index in [0.29, 0.717) is 23.1 Å². The average Bonchev–Trinajstić information content (AvgIpc) is 2.89. The highest BCUT2D eigenvalue weighted by Crippen LogP contribution is 2.27. The first-order valence-electron chi connectivity index (χ1n) is 6.50. The van der Waals surface area contributed by atoms with Crippen LogP contribution < -0.4 is 5.73 Å². The van der Waals surface area contributed by atoms with Crippen molar-refractivity contribution >= 4 is 17.3 Å². The summed E-state index contributed by atoms with van der Waals surface area (Å²) < 4.78 is 1.72. The summed E-state index contributed by atoms with van der Waals surface area (Å²) in [5.74, 6) is 0.626. The summed E-state index contributed by atoms with van der Waals surface area (Å²) in [6, 6.07) is 13.6. The van der Waals surface area contributed by atoms with Gasteiger partial charge in [-0.1, -0.05) is 41.4 Å². The van der Waals surface area contributed by atoms with Crippen molar-refractivity contribution in [3.05, 3.63) is 58.6 Å². The molecule has 106 valence electrons. The van der Waals surface area contributed by atoms with Crippen LogP contribution >= 0.6 is 11.6 Å². The number of nitrogens with zero attached hydrogens (tertiary/aromatic N) is 4. The van der Waals surface area contributed by atoms with E-state index in [0.717, 1.165) is 11.1 Å². The van der Waals surface area contributed by atoms with Crippen LogP contribution in [0.15, 0.2) is 42.5 Å². The quantitative estimate of drug-likeness (QED) is 0.755. The van der Waals surface area contributed by atoms with Gasteiger partial charge >= 0.3 is 0 Å². The molecule has 0 unspecified atom stereocenters. The lowest BCUT2D eigenvalue weighted by atomic mass is 10.1. The number of aromatic nitrogens is 4. The van der Waals surface area contributed by atoms with Gasteiger partial charge in [-0.3, -0.25) is 0 Å². The van der Waals surface area contributed by atoms with Gasteiger partial charge < -0.3 is 5.73 Å². The molecule has 2 N–H and O–H groups in total. The Hall–Kier alpha value is -2.40. The molecule has 0 atom stereocenters. The fraction of sp³-hybridized carbons (Fsp3) is 0.133. The topological polar surface area (TPSA) is 69.6 Å². The molecule has 0 bridgehead atoms. The summed E-state index contributed by atoms with van der Waals surface area (Å²) in [5.41, 5.74) is 9.44. The van der Waals surface area contributed by atoms with Crippen LogP contribution in [0.3, 0.4) is 0 Å². The van der Waals surface area contributed by atoms with Gasteiger partial charge in [0, 0.05) is 11.3 Å². The van der Waals surface area contributed by atoms with Gasteiger partial charge in [0.25, 0.3) is 0 Å². The van der Waals surface area contributed by atoms with Crippen molar-refractivity contribution in [1.29, 1.82) is 0 Å². The molecule has 5 nitrogen and oxygen atoms in total. The summed E-state index contributed by atoms with van der Waals surface area (Å²) in [7, 11) is 0. The Morgan fingerprint density at radius 2 is 1.90 bits per heavy atom. The lowest BCUT2D eigenvalue weighted by Crippen LogP contribution is -2.04. The summed E-state index contributed by atoms with van der Waals surface area (Å²) >= 11 is 6.23. The van der Waals surface area contributed by atoms with Crippen LogP contribution in [0.5, 0.6) is 0 Å². The second-order valence-electron chi connectivity index (χ2n) is 4.89. The minimum atomic E-state index is 0.537. The first-order chi connectivity index (χ1) is 10.1. The molecular weight excluding hydrogens is 286 g/mol. The molecule has 0 aliphatic carbocycles. The zero-order valence-electron chi connectivity index (χ0n) is 11.5. The smallest absolute Gasteiger partial charge is 0.183 e. The van der Waals surface area contributed by atoms with E-state index in [-0.39, 0.29) is 0 Å². The summed E-state index contributed by atoms with van der Waals surface area (Å²) in [6.07, 6.45) is 0. The maximum absolute atomic E-state index is 6.23. The van der Waals surface area contributed by atoms with E-state index < -0.39 is 0 Å². The molecule has 0 saturated carbocycles. The maximum atomic E-state index is 6.23. The predicted octanol–water partition coefficient (Wildman–Crippen LogP) is 2.93. The van der Waals surface area contributed by atoms with E-state index in [2.05, 4.69) is 46.7 Å². The highest BCUT2D eigenvalue weighted by Gasteiger charge is 2.12. The number of hydrogen-bond acceptors (Lipinski definition) is 4. The molecular formula is C15H14ClN5. The number of anilines is 1. The van der Waals surface area contributed by atoms with E-state index in [1.165, 1.54) is 5.56 Å². The zero-order chi connectivity index (χ0) is 14.8. The van der Waals surface area contributed by atoms with Gasteiger partial charge in [-0.2, -0.15) is 0 Å². The Balaban J connectivity index is 1.95.